The first-order valence-electron chi connectivity index (χ1n) is 7.63. The standard InChI is InChI=1S/C16H32O/c1-12(2)16-7-5-15(6-8-16)10-13(3)9-14(4)11-17/h12-17H,5-11H2,1-4H3. The lowest BCUT2D eigenvalue weighted by atomic mass is 9.74. The van der Waals surface area contributed by atoms with Gasteiger partial charge in [0.1, 0.15) is 0 Å². The van der Waals surface area contributed by atoms with E-state index in [1.165, 1.54) is 38.5 Å². The fourth-order valence-corrected chi connectivity index (χ4v) is 3.52. The SMILES string of the molecule is CC(CO)CC(C)CC1CCC(C(C)C)CC1. The van der Waals surface area contributed by atoms with Crippen LogP contribution in [0.4, 0.5) is 0 Å². The van der Waals surface area contributed by atoms with Crippen molar-refractivity contribution < 1.29 is 5.11 Å². The van der Waals surface area contributed by atoms with E-state index in [2.05, 4.69) is 27.7 Å². The Labute approximate surface area is 108 Å². The van der Waals surface area contributed by atoms with Gasteiger partial charge in [0.2, 0.25) is 0 Å². The number of aliphatic hydroxyl groups excluding tert-OH is 1. The molecule has 2 unspecified atom stereocenters. The van der Waals surface area contributed by atoms with Crippen LogP contribution in [-0.4, -0.2) is 11.7 Å². The van der Waals surface area contributed by atoms with Crippen LogP contribution in [0.2, 0.25) is 0 Å². The van der Waals surface area contributed by atoms with Crippen LogP contribution < -0.4 is 0 Å². The minimum absolute atomic E-state index is 0.352. The molecule has 1 N–H and O–H groups in total. The molecule has 1 rings (SSSR count). The van der Waals surface area contributed by atoms with Crippen LogP contribution in [0.5, 0.6) is 0 Å². The van der Waals surface area contributed by atoms with Crippen molar-refractivity contribution in [1.82, 2.24) is 0 Å². The van der Waals surface area contributed by atoms with E-state index in [1.807, 2.05) is 0 Å². The van der Waals surface area contributed by atoms with E-state index in [1.54, 1.807) is 0 Å². The van der Waals surface area contributed by atoms with Gasteiger partial charge in [-0.2, -0.15) is 0 Å². The summed E-state index contributed by atoms with van der Waals surface area (Å²) in [6, 6.07) is 0. The Balaban J connectivity index is 2.21. The third-order valence-electron chi connectivity index (χ3n) is 4.69. The van der Waals surface area contributed by atoms with Crippen molar-refractivity contribution in [1.29, 1.82) is 0 Å². The van der Waals surface area contributed by atoms with Gasteiger partial charge in [0.05, 0.1) is 0 Å². The summed E-state index contributed by atoms with van der Waals surface area (Å²) < 4.78 is 0. The zero-order valence-electron chi connectivity index (χ0n) is 12.3. The molecule has 0 aromatic carbocycles. The predicted octanol–water partition coefficient (Wildman–Crippen LogP) is 4.49. The van der Waals surface area contributed by atoms with Gasteiger partial charge in [0.25, 0.3) is 0 Å². The third-order valence-corrected chi connectivity index (χ3v) is 4.69. The zero-order valence-corrected chi connectivity index (χ0v) is 12.3. The first kappa shape index (κ1) is 15.0. The van der Waals surface area contributed by atoms with Gasteiger partial charge in [-0.25, -0.2) is 0 Å². The maximum atomic E-state index is 9.09. The third kappa shape index (κ3) is 5.42. The van der Waals surface area contributed by atoms with Crippen molar-refractivity contribution in [2.24, 2.45) is 29.6 Å². The van der Waals surface area contributed by atoms with Gasteiger partial charge >= 0.3 is 0 Å². The van der Waals surface area contributed by atoms with E-state index in [4.69, 9.17) is 5.11 Å². The summed E-state index contributed by atoms with van der Waals surface area (Å²) in [5, 5.41) is 9.09. The Morgan fingerprint density at radius 3 is 2.00 bits per heavy atom. The van der Waals surface area contributed by atoms with Gasteiger partial charge in [-0.3, -0.25) is 0 Å². The Hall–Kier alpha value is -0.0400. The van der Waals surface area contributed by atoms with Gasteiger partial charge in [0.15, 0.2) is 0 Å². The maximum absolute atomic E-state index is 9.09. The number of hydrogen-bond donors (Lipinski definition) is 1. The molecule has 0 saturated heterocycles. The van der Waals surface area contributed by atoms with E-state index >= 15 is 0 Å². The van der Waals surface area contributed by atoms with Crippen molar-refractivity contribution in [3.05, 3.63) is 0 Å². The summed E-state index contributed by atoms with van der Waals surface area (Å²) in [6.45, 7) is 9.62. The number of hydrogen-bond acceptors (Lipinski definition) is 1. The average Bonchev–Trinajstić information content (AvgIpc) is 2.29. The molecule has 0 aliphatic heterocycles. The summed E-state index contributed by atoms with van der Waals surface area (Å²) in [5.74, 6) is 4.10. The number of rotatable bonds is 6. The molecule has 1 fully saturated rings. The smallest absolute Gasteiger partial charge is 0.0456 e. The molecular weight excluding hydrogens is 208 g/mol. The van der Waals surface area contributed by atoms with Crippen LogP contribution >= 0.6 is 0 Å². The van der Waals surface area contributed by atoms with Crippen LogP contribution in [0.25, 0.3) is 0 Å². The fraction of sp³-hybridized carbons (Fsp3) is 1.00. The topological polar surface area (TPSA) is 20.2 Å². The summed E-state index contributed by atoms with van der Waals surface area (Å²) in [7, 11) is 0. The minimum Gasteiger partial charge on any atom is -0.396 e. The molecule has 17 heavy (non-hydrogen) atoms. The number of aliphatic hydroxyl groups is 1. The monoisotopic (exact) mass is 240 g/mol. The van der Waals surface area contributed by atoms with Gasteiger partial charge in [-0.1, -0.05) is 40.5 Å². The molecule has 0 bridgehead atoms. The Bertz CT molecular complexity index is 192. The van der Waals surface area contributed by atoms with E-state index < -0.39 is 0 Å². The molecule has 1 aliphatic rings. The molecule has 102 valence electrons. The Morgan fingerprint density at radius 1 is 0.941 bits per heavy atom. The molecule has 1 heteroatoms. The van der Waals surface area contributed by atoms with Gasteiger partial charge in [0, 0.05) is 6.61 Å². The molecule has 0 aromatic rings. The second kappa shape index (κ2) is 7.41. The van der Waals surface area contributed by atoms with Crippen molar-refractivity contribution in [2.75, 3.05) is 6.61 Å². The van der Waals surface area contributed by atoms with E-state index in [0.29, 0.717) is 12.5 Å². The lowest BCUT2D eigenvalue weighted by Gasteiger charge is -2.32. The summed E-state index contributed by atoms with van der Waals surface area (Å²) in [5.41, 5.74) is 0. The van der Waals surface area contributed by atoms with Gasteiger partial charge in [-0.05, 0) is 55.3 Å². The van der Waals surface area contributed by atoms with Crippen LogP contribution in [0.3, 0.4) is 0 Å². The van der Waals surface area contributed by atoms with E-state index in [0.717, 1.165) is 23.7 Å². The summed E-state index contributed by atoms with van der Waals surface area (Å²) in [4.78, 5) is 0. The zero-order chi connectivity index (χ0) is 12.8. The molecule has 1 nitrogen and oxygen atoms in total. The van der Waals surface area contributed by atoms with Crippen molar-refractivity contribution in [3.63, 3.8) is 0 Å². The molecule has 1 saturated carbocycles. The van der Waals surface area contributed by atoms with Crippen LogP contribution in [0.15, 0.2) is 0 Å². The lowest BCUT2D eigenvalue weighted by Crippen LogP contribution is -2.20. The van der Waals surface area contributed by atoms with Crippen LogP contribution in [0.1, 0.15) is 66.2 Å². The van der Waals surface area contributed by atoms with Gasteiger partial charge in [-0.15, -0.1) is 0 Å². The highest BCUT2D eigenvalue weighted by Gasteiger charge is 2.24. The maximum Gasteiger partial charge on any atom is 0.0456 e. The van der Waals surface area contributed by atoms with E-state index in [-0.39, 0.29) is 0 Å². The Morgan fingerprint density at radius 2 is 1.53 bits per heavy atom. The lowest BCUT2D eigenvalue weighted by molar-refractivity contribution is 0.178. The van der Waals surface area contributed by atoms with Crippen molar-refractivity contribution in [3.8, 4) is 0 Å². The summed E-state index contributed by atoms with van der Waals surface area (Å²) >= 11 is 0. The quantitative estimate of drug-likeness (QED) is 0.725. The molecule has 0 radical (unpaired) electrons. The second-order valence-electron chi connectivity index (χ2n) is 6.89. The van der Waals surface area contributed by atoms with Gasteiger partial charge < -0.3 is 5.11 Å². The first-order valence-corrected chi connectivity index (χ1v) is 7.63. The minimum atomic E-state index is 0.352. The van der Waals surface area contributed by atoms with Crippen LogP contribution in [0, 0.1) is 29.6 Å². The molecule has 0 spiro atoms. The predicted molar refractivity (Wildman–Crippen MR) is 74.9 cm³/mol. The van der Waals surface area contributed by atoms with Crippen molar-refractivity contribution in [2.45, 2.75) is 66.2 Å². The highest BCUT2D eigenvalue weighted by atomic mass is 16.3. The molecule has 0 aromatic heterocycles. The molecular formula is C16H32O. The summed E-state index contributed by atoms with van der Waals surface area (Å²) in [6.07, 6.45) is 8.37. The highest BCUT2D eigenvalue weighted by molar-refractivity contribution is 4.76. The highest BCUT2D eigenvalue weighted by Crippen LogP contribution is 2.36. The molecule has 1 aliphatic carbocycles. The largest absolute Gasteiger partial charge is 0.396 e. The van der Waals surface area contributed by atoms with E-state index in [9.17, 15) is 0 Å². The average molecular weight is 240 g/mol. The van der Waals surface area contributed by atoms with Crippen LogP contribution in [-0.2, 0) is 0 Å². The first-order chi connectivity index (χ1) is 8.02. The molecule has 0 amide bonds. The molecule has 2 atom stereocenters. The fourth-order valence-electron chi connectivity index (χ4n) is 3.52. The second-order valence-corrected chi connectivity index (χ2v) is 6.89. The Kier molecular flexibility index (Phi) is 6.54. The normalized spacial score (nSPS) is 29.3. The molecule has 0 heterocycles. The van der Waals surface area contributed by atoms with Crippen molar-refractivity contribution >= 4 is 0 Å².